The molecule has 3 N–H and O–H groups in total. The third kappa shape index (κ3) is 4.19. The summed E-state index contributed by atoms with van der Waals surface area (Å²) in [4.78, 5) is 28.4. The monoisotopic (exact) mass is 384 g/mol. The number of aromatic amines is 1. The molecule has 1 saturated carbocycles. The molecule has 1 amide bonds. The van der Waals surface area contributed by atoms with Gasteiger partial charge in [-0.2, -0.15) is 0 Å². The van der Waals surface area contributed by atoms with Gasteiger partial charge in [0.25, 0.3) is 0 Å². The van der Waals surface area contributed by atoms with Crippen LogP contribution in [0.25, 0.3) is 22.3 Å². The Bertz CT molecular complexity index is 968. The van der Waals surface area contributed by atoms with Crippen LogP contribution in [0.2, 0.25) is 5.02 Å². The highest BCUT2D eigenvalue weighted by molar-refractivity contribution is 6.31. The van der Waals surface area contributed by atoms with Crippen molar-refractivity contribution in [3.8, 4) is 11.3 Å². The van der Waals surface area contributed by atoms with Crippen molar-refractivity contribution >= 4 is 34.4 Å². The molecule has 1 atom stereocenters. The van der Waals surface area contributed by atoms with Gasteiger partial charge in [0.1, 0.15) is 17.5 Å². The lowest BCUT2D eigenvalue weighted by Crippen LogP contribution is -2.38. The highest BCUT2D eigenvalue weighted by Crippen LogP contribution is 2.31. The summed E-state index contributed by atoms with van der Waals surface area (Å²) in [5, 5.41) is 7.52. The zero-order valence-corrected chi connectivity index (χ0v) is 15.8. The van der Waals surface area contributed by atoms with Crippen molar-refractivity contribution in [1.29, 1.82) is 0 Å². The van der Waals surface area contributed by atoms with E-state index in [-0.39, 0.29) is 5.91 Å². The minimum absolute atomic E-state index is 0.0362. The van der Waals surface area contributed by atoms with E-state index in [1.165, 1.54) is 12.8 Å². The molecule has 27 heavy (non-hydrogen) atoms. The fourth-order valence-electron chi connectivity index (χ4n) is 3.00. The molecule has 8 heteroatoms. The summed E-state index contributed by atoms with van der Waals surface area (Å²) in [5.74, 6) is 1.31. The molecule has 1 aliphatic rings. The Balaban J connectivity index is 1.46. The molecule has 0 unspecified atom stereocenters. The van der Waals surface area contributed by atoms with Crippen LogP contribution in [0, 0.1) is 5.92 Å². The molecular weight excluding hydrogens is 364 g/mol. The van der Waals surface area contributed by atoms with Crippen molar-refractivity contribution in [3.63, 3.8) is 0 Å². The molecule has 1 aliphatic carbocycles. The highest BCUT2D eigenvalue weighted by atomic mass is 35.5. The number of nitrogens with one attached hydrogen (secondary N) is 3. The van der Waals surface area contributed by atoms with Gasteiger partial charge in [0.2, 0.25) is 5.91 Å². The smallest absolute Gasteiger partial charge is 0.242 e. The Labute approximate surface area is 162 Å². The molecule has 3 aromatic rings. The number of hydrogen-bond donors (Lipinski definition) is 3. The summed E-state index contributed by atoms with van der Waals surface area (Å²) >= 11 is 6.07. The molecule has 7 nitrogen and oxygen atoms in total. The lowest BCUT2D eigenvalue weighted by atomic mass is 10.1. The molecule has 3 aromatic heterocycles. The molecule has 0 bridgehead atoms. The lowest BCUT2D eigenvalue weighted by Gasteiger charge is -2.14. The Morgan fingerprint density at radius 3 is 3.04 bits per heavy atom. The van der Waals surface area contributed by atoms with Crippen molar-refractivity contribution in [2.45, 2.75) is 32.2 Å². The van der Waals surface area contributed by atoms with Crippen LogP contribution >= 0.6 is 11.6 Å². The van der Waals surface area contributed by atoms with E-state index in [2.05, 4.69) is 30.6 Å². The maximum absolute atomic E-state index is 12.2. The highest BCUT2D eigenvalue weighted by Gasteiger charge is 2.21. The van der Waals surface area contributed by atoms with Crippen LogP contribution in [-0.4, -0.2) is 38.4 Å². The van der Waals surface area contributed by atoms with E-state index in [1.807, 2.05) is 19.2 Å². The number of hydrogen-bond acceptors (Lipinski definition) is 5. The second kappa shape index (κ2) is 7.52. The van der Waals surface area contributed by atoms with Gasteiger partial charge in [-0.1, -0.05) is 24.4 Å². The fraction of sp³-hybridized carbons (Fsp3) is 0.368. The van der Waals surface area contributed by atoms with Crippen LogP contribution in [0.1, 0.15) is 26.2 Å². The zero-order valence-electron chi connectivity index (χ0n) is 15.0. The second-order valence-corrected chi connectivity index (χ2v) is 7.37. The predicted octanol–water partition coefficient (Wildman–Crippen LogP) is 3.39. The van der Waals surface area contributed by atoms with E-state index in [0.29, 0.717) is 16.5 Å². The van der Waals surface area contributed by atoms with Gasteiger partial charge in [-0.3, -0.25) is 9.78 Å². The number of amides is 1. The Morgan fingerprint density at radius 1 is 1.37 bits per heavy atom. The quantitative estimate of drug-likeness (QED) is 0.580. The van der Waals surface area contributed by atoms with Crippen LogP contribution in [0.3, 0.4) is 0 Å². The standard InChI is InChI=1S/C19H21ClN6O/c1-11(19(27)22-5-4-12-2-3-12)25-17-10-21-9-16(26-17)15-8-24-18-14(15)6-13(20)7-23-18/h6-12H,2-5H2,1H3,(H,22,27)(H,23,24)(H,25,26)/t11-/m1/s1. The lowest BCUT2D eigenvalue weighted by molar-refractivity contribution is -0.121. The average Bonchev–Trinajstić information content (AvgIpc) is 3.39. The first-order valence-corrected chi connectivity index (χ1v) is 9.47. The van der Waals surface area contributed by atoms with Gasteiger partial charge in [0.15, 0.2) is 0 Å². The normalized spacial score (nSPS) is 14.9. The molecule has 0 aliphatic heterocycles. The van der Waals surface area contributed by atoms with Crippen molar-refractivity contribution in [2.75, 3.05) is 11.9 Å². The van der Waals surface area contributed by atoms with Gasteiger partial charge in [-0.15, -0.1) is 0 Å². The van der Waals surface area contributed by atoms with E-state index in [9.17, 15) is 4.79 Å². The Kier molecular flexibility index (Phi) is 4.94. The number of pyridine rings is 1. The predicted molar refractivity (Wildman–Crippen MR) is 106 cm³/mol. The van der Waals surface area contributed by atoms with Crippen LogP contribution in [0.5, 0.6) is 0 Å². The molecule has 140 valence electrons. The summed E-state index contributed by atoms with van der Waals surface area (Å²) in [6, 6.07) is 1.45. The van der Waals surface area contributed by atoms with Gasteiger partial charge in [-0.25, -0.2) is 9.97 Å². The van der Waals surface area contributed by atoms with E-state index in [4.69, 9.17) is 11.6 Å². The molecular formula is C19H21ClN6O. The molecule has 4 rings (SSSR count). The van der Waals surface area contributed by atoms with Crippen molar-refractivity contribution in [2.24, 2.45) is 5.92 Å². The molecule has 3 heterocycles. The van der Waals surface area contributed by atoms with Crippen LogP contribution in [-0.2, 0) is 4.79 Å². The summed E-state index contributed by atoms with van der Waals surface area (Å²) in [5.41, 5.74) is 2.27. The van der Waals surface area contributed by atoms with Gasteiger partial charge in [0.05, 0.1) is 23.1 Å². The van der Waals surface area contributed by atoms with E-state index in [0.717, 1.165) is 35.5 Å². The van der Waals surface area contributed by atoms with Gasteiger partial charge in [-0.05, 0) is 25.3 Å². The number of fused-ring (bicyclic) bond motifs is 1. The summed E-state index contributed by atoms with van der Waals surface area (Å²) < 4.78 is 0. The average molecular weight is 385 g/mol. The van der Waals surface area contributed by atoms with Crippen LogP contribution in [0.15, 0.2) is 30.9 Å². The van der Waals surface area contributed by atoms with E-state index < -0.39 is 6.04 Å². The topological polar surface area (TPSA) is 95.6 Å². The van der Waals surface area contributed by atoms with Crippen molar-refractivity contribution in [3.05, 3.63) is 35.9 Å². The maximum atomic E-state index is 12.2. The number of halogens is 1. The molecule has 0 spiro atoms. The van der Waals surface area contributed by atoms with Gasteiger partial charge < -0.3 is 15.6 Å². The SMILES string of the molecule is C[C@@H](Nc1cncc(-c2c[nH]c3ncc(Cl)cc23)n1)C(=O)NCCC1CC1. The Hall–Kier alpha value is -2.67. The first kappa shape index (κ1) is 17.7. The summed E-state index contributed by atoms with van der Waals surface area (Å²) in [6.07, 6.45) is 10.4. The largest absolute Gasteiger partial charge is 0.357 e. The van der Waals surface area contributed by atoms with Crippen LogP contribution < -0.4 is 10.6 Å². The first-order valence-electron chi connectivity index (χ1n) is 9.09. The zero-order chi connectivity index (χ0) is 18.8. The Morgan fingerprint density at radius 2 is 2.22 bits per heavy atom. The summed E-state index contributed by atoms with van der Waals surface area (Å²) in [7, 11) is 0. The number of H-pyrrole nitrogens is 1. The molecule has 0 radical (unpaired) electrons. The molecule has 0 saturated heterocycles. The minimum atomic E-state index is -0.396. The van der Waals surface area contributed by atoms with Gasteiger partial charge >= 0.3 is 0 Å². The maximum Gasteiger partial charge on any atom is 0.242 e. The van der Waals surface area contributed by atoms with Crippen molar-refractivity contribution < 1.29 is 4.79 Å². The molecule has 1 fully saturated rings. The number of rotatable bonds is 7. The van der Waals surface area contributed by atoms with Gasteiger partial charge in [0, 0.05) is 29.9 Å². The van der Waals surface area contributed by atoms with E-state index in [1.54, 1.807) is 18.6 Å². The number of anilines is 1. The molecule has 0 aromatic carbocycles. The first-order chi connectivity index (χ1) is 13.1. The summed E-state index contributed by atoms with van der Waals surface area (Å²) in [6.45, 7) is 2.54. The third-order valence-electron chi connectivity index (χ3n) is 4.71. The number of carbonyl (C=O) groups excluding carboxylic acids is 1. The number of aromatic nitrogens is 4. The fourth-order valence-corrected chi connectivity index (χ4v) is 3.16. The number of nitrogens with zero attached hydrogens (tertiary/aromatic N) is 3. The number of carbonyl (C=O) groups is 1. The van der Waals surface area contributed by atoms with Crippen molar-refractivity contribution in [1.82, 2.24) is 25.3 Å². The van der Waals surface area contributed by atoms with E-state index >= 15 is 0 Å². The van der Waals surface area contributed by atoms with Crippen LogP contribution in [0.4, 0.5) is 5.82 Å². The minimum Gasteiger partial charge on any atom is -0.357 e. The third-order valence-corrected chi connectivity index (χ3v) is 4.92. The second-order valence-electron chi connectivity index (χ2n) is 6.93.